The highest BCUT2D eigenvalue weighted by Gasteiger charge is 2.08. The van der Waals surface area contributed by atoms with Gasteiger partial charge in [0, 0.05) is 6.04 Å². The van der Waals surface area contributed by atoms with Crippen LogP contribution in [0.15, 0.2) is 22.7 Å². The van der Waals surface area contributed by atoms with E-state index in [-0.39, 0.29) is 0 Å². The number of halogens is 1. The molecular formula is C16H26BrNO. The van der Waals surface area contributed by atoms with Crippen molar-refractivity contribution in [1.82, 2.24) is 5.32 Å². The zero-order valence-corrected chi connectivity index (χ0v) is 14.1. The molecule has 2 nitrogen and oxygen atoms in total. The summed E-state index contributed by atoms with van der Waals surface area (Å²) < 4.78 is 6.84. The average Bonchev–Trinajstić information content (AvgIpc) is 2.37. The van der Waals surface area contributed by atoms with E-state index in [1.165, 1.54) is 5.56 Å². The SMILES string of the molecule is CCCNC(C)c1ccc(OCCC(C)C)c(Br)c1. The van der Waals surface area contributed by atoms with Crippen LogP contribution in [-0.2, 0) is 0 Å². The van der Waals surface area contributed by atoms with Gasteiger partial charge in [-0.3, -0.25) is 0 Å². The lowest BCUT2D eigenvalue weighted by Crippen LogP contribution is -2.19. The first kappa shape index (κ1) is 16.5. The van der Waals surface area contributed by atoms with E-state index in [0.29, 0.717) is 12.0 Å². The van der Waals surface area contributed by atoms with E-state index in [1.54, 1.807) is 0 Å². The maximum Gasteiger partial charge on any atom is 0.133 e. The van der Waals surface area contributed by atoms with E-state index >= 15 is 0 Å². The Bertz CT molecular complexity index is 379. The lowest BCUT2D eigenvalue weighted by Gasteiger charge is -2.16. The number of hydrogen-bond acceptors (Lipinski definition) is 2. The van der Waals surface area contributed by atoms with Crippen molar-refractivity contribution in [3.05, 3.63) is 28.2 Å². The van der Waals surface area contributed by atoms with Crippen molar-refractivity contribution in [3.8, 4) is 5.75 Å². The molecule has 3 heteroatoms. The Labute approximate surface area is 126 Å². The molecule has 1 atom stereocenters. The van der Waals surface area contributed by atoms with Crippen molar-refractivity contribution in [2.45, 2.75) is 46.6 Å². The van der Waals surface area contributed by atoms with Crippen molar-refractivity contribution >= 4 is 15.9 Å². The first-order valence-corrected chi connectivity index (χ1v) is 7.99. The summed E-state index contributed by atoms with van der Waals surface area (Å²) in [6.45, 7) is 10.6. The maximum absolute atomic E-state index is 5.80. The molecule has 0 bridgehead atoms. The summed E-state index contributed by atoms with van der Waals surface area (Å²) in [5.74, 6) is 1.61. The van der Waals surface area contributed by atoms with E-state index in [2.05, 4.69) is 67.1 Å². The Morgan fingerprint density at radius 1 is 1.26 bits per heavy atom. The number of nitrogens with one attached hydrogen (secondary N) is 1. The highest BCUT2D eigenvalue weighted by molar-refractivity contribution is 9.10. The summed E-state index contributed by atoms with van der Waals surface area (Å²) in [7, 11) is 0. The van der Waals surface area contributed by atoms with Gasteiger partial charge in [0.2, 0.25) is 0 Å². The number of ether oxygens (including phenoxy) is 1. The number of rotatable bonds is 8. The van der Waals surface area contributed by atoms with Crippen molar-refractivity contribution in [2.24, 2.45) is 5.92 Å². The first-order valence-electron chi connectivity index (χ1n) is 7.20. The summed E-state index contributed by atoms with van der Waals surface area (Å²) in [5.41, 5.74) is 1.29. The van der Waals surface area contributed by atoms with Crippen LogP contribution in [0, 0.1) is 5.92 Å². The van der Waals surface area contributed by atoms with Crippen LogP contribution in [0.5, 0.6) is 5.75 Å². The molecule has 0 spiro atoms. The predicted octanol–water partition coefficient (Wildman–Crippen LogP) is 4.93. The van der Waals surface area contributed by atoms with Crippen LogP contribution in [-0.4, -0.2) is 13.2 Å². The van der Waals surface area contributed by atoms with Crippen molar-refractivity contribution in [2.75, 3.05) is 13.2 Å². The molecule has 0 aromatic heterocycles. The average molecular weight is 328 g/mol. The van der Waals surface area contributed by atoms with Gasteiger partial charge in [0.25, 0.3) is 0 Å². The summed E-state index contributed by atoms with van der Waals surface area (Å²) in [4.78, 5) is 0. The van der Waals surface area contributed by atoms with Gasteiger partial charge in [0.1, 0.15) is 5.75 Å². The third-order valence-corrected chi connectivity index (χ3v) is 3.73. The highest BCUT2D eigenvalue weighted by atomic mass is 79.9. The number of benzene rings is 1. The van der Waals surface area contributed by atoms with Crippen LogP contribution in [0.3, 0.4) is 0 Å². The molecule has 0 fully saturated rings. The summed E-state index contributed by atoms with van der Waals surface area (Å²) >= 11 is 3.60. The Hall–Kier alpha value is -0.540. The zero-order chi connectivity index (χ0) is 14.3. The molecule has 0 saturated carbocycles. The van der Waals surface area contributed by atoms with E-state index in [4.69, 9.17) is 4.74 Å². The van der Waals surface area contributed by atoms with Gasteiger partial charge in [-0.05, 0) is 65.9 Å². The molecule has 1 unspecified atom stereocenters. The molecule has 0 amide bonds. The second-order valence-corrected chi connectivity index (χ2v) is 6.25. The third kappa shape index (κ3) is 5.96. The minimum Gasteiger partial charge on any atom is -0.492 e. The monoisotopic (exact) mass is 327 g/mol. The number of hydrogen-bond donors (Lipinski definition) is 1. The Morgan fingerprint density at radius 3 is 2.58 bits per heavy atom. The van der Waals surface area contributed by atoms with E-state index in [9.17, 15) is 0 Å². The molecule has 19 heavy (non-hydrogen) atoms. The van der Waals surface area contributed by atoms with E-state index in [1.807, 2.05) is 0 Å². The summed E-state index contributed by atoms with van der Waals surface area (Å²) in [6, 6.07) is 6.73. The fourth-order valence-electron chi connectivity index (χ4n) is 1.79. The van der Waals surface area contributed by atoms with Gasteiger partial charge in [-0.2, -0.15) is 0 Å². The van der Waals surface area contributed by atoms with Crippen LogP contribution in [0.25, 0.3) is 0 Å². The largest absolute Gasteiger partial charge is 0.492 e. The van der Waals surface area contributed by atoms with Gasteiger partial charge in [0.05, 0.1) is 11.1 Å². The van der Waals surface area contributed by atoms with Gasteiger partial charge in [-0.25, -0.2) is 0 Å². The van der Waals surface area contributed by atoms with E-state index in [0.717, 1.165) is 36.2 Å². The summed E-state index contributed by atoms with van der Waals surface area (Å²) in [5, 5.41) is 3.49. The fourth-order valence-corrected chi connectivity index (χ4v) is 2.30. The lowest BCUT2D eigenvalue weighted by atomic mass is 10.1. The topological polar surface area (TPSA) is 21.3 Å². The molecule has 0 radical (unpaired) electrons. The molecule has 0 saturated heterocycles. The van der Waals surface area contributed by atoms with Crippen LogP contribution in [0.2, 0.25) is 0 Å². The molecule has 0 aliphatic carbocycles. The second-order valence-electron chi connectivity index (χ2n) is 5.40. The van der Waals surface area contributed by atoms with Crippen LogP contribution in [0.1, 0.15) is 52.1 Å². The Balaban J connectivity index is 2.58. The van der Waals surface area contributed by atoms with Crippen molar-refractivity contribution < 1.29 is 4.74 Å². The van der Waals surface area contributed by atoms with Gasteiger partial charge in [-0.15, -0.1) is 0 Å². The lowest BCUT2D eigenvalue weighted by molar-refractivity contribution is 0.288. The van der Waals surface area contributed by atoms with Gasteiger partial charge in [-0.1, -0.05) is 26.8 Å². The molecular weight excluding hydrogens is 302 g/mol. The van der Waals surface area contributed by atoms with Gasteiger partial charge in [0.15, 0.2) is 0 Å². The van der Waals surface area contributed by atoms with E-state index < -0.39 is 0 Å². The van der Waals surface area contributed by atoms with Gasteiger partial charge < -0.3 is 10.1 Å². The van der Waals surface area contributed by atoms with Crippen molar-refractivity contribution in [3.63, 3.8) is 0 Å². The van der Waals surface area contributed by atoms with Crippen molar-refractivity contribution in [1.29, 1.82) is 0 Å². The molecule has 1 N–H and O–H groups in total. The predicted molar refractivity (Wildman–Crippen MR) is 85.8 cm³/mol. The second kappa shape index (κ2) is 8.60. The fraction of sp³-hybridized carbons (Fsp3) is 0.625. The maximum atomic E-state index is 5.80. The molecule has 1 aromatic carbocycles. The molecule has 0 aliphatic heterocycles. The quantitative estimate of drug-likeness (QED) is 0.730. The Morgan fingerprint density at radius 2 is 2.00 bits per heavy atom. The highest BCUT2D eigenvalue weighted by Crippen LogP contribution is 2.28. The standard InChI is InChI=1S/C16H26BrNO/c1-5-9-18-13(4)14-6-7-16(15(17)11-14)19-10-8-12(2)3/h6-7,11-13,18H,5,8-10H2,1-4H3. The minimum atomic E-state index is 0.376. The third-order valence-electron chi connectivity index (χ3n) is 3.11. The molecule has 0 heterocycles. The summed E-state index contributed by atoms with van der Waals surface area (Å²) in [6.07, 6.45) is 2.24. The normalized spacial score (nSPS) is 12.7. The first-order chi connectivity index (χ1) is 9.04. The minimum absolute atomic E-state index is 0.376. The van der Waals surface area contributed by atoms with Gasteiger partial charge >= 0.3 is 0 Å². The molecule has 0 aliphatic rings. The van der Waals surface area contributed by atoms with Crippen LogP contribution < -0.4 is 10.1 Å². The zero-order valence-electron chi connectivity index (χ0n) is 12.5. The smallest absolute Gasteiger partial charge is 0.133 e. The molecule has 1 aromatic rings. The van der Waals surface area contributed by atoms with Crippen LogP contribution >= 0.6 is 15.9 Å². The Kier molecular flexibility index (Phi) is 7.47. The molecule has 1 rings (SSSR count). The van der Waals surface area contributed by atoms with Crippen LogP contribution in [0.4, 0.5) is 0 Å². The molecule has 108 valence electrons.